The maximum Gasteiger partial charge on any atom is 0.0243 e. The molecule has 149 valence electrons. The van der Waals surface area contributed by atoms with Crippen molar-refractivity contribution in [3.8, 4) is 0 Å². The number of allylic oxidation sites excluding steroid dienone is 2. The summed E-state index contributed by atoms with van der Waals surface area (Å²) in [5.74, 6) is 0. The second kappa shape index (κ2) is 7.58. The van der Waals surface area contributed by atoms with Crippen molar-refractivity contribution in [3.63, 3.8) is 0 Å². The molecule has 0 N–H and O–H groups in total. The van der Waals surface area contributed by atoms with Gasteiger partial charge in [0.1, 0.15) is 0 Å². The molecule has 31 heavy (non-hydrogen) atoms. The molecule has 0 unspecified atom stereocenters. The van der Waals surface area contributed by atoms with Gasteiger partial charge in [-0.05, 0) is 86.8 Å². The van der Waals surface area contributed by atoms with Gasteiger partial charge in [0.15, 0.2) is 0 Å². The lowest BCUT2D eigenvalue weighted by molar-refractivity contribution is 1.14. The first-order valence-corrected chi connectivity index (χ1v) is 12.5. The average molecular weight is 414 g/mol. The minimum absolute atomic E-state index is 0.911. The third-order valence-electron chi connectivity index (χ3n) is 6.68. The van der Waals surface area contributed by atoms with Crippen molar-refractivity contribution in [1.29, 1.82) is 0 Å². The fourth-order valence-corrected chi connectivity index (χ4v) is 6.35. The smallest absolute Gasteiger partial charge is 0.0243 e. The second-order valence-electron chi connectivity index (χ2n) is 8.81. The third kappa shape index (κ3) is 3.43. The number of fused-ring (bicyclic) bond motifs is 4. The third-order valence-corrected chi connectivity index (χ3v) is 7.96. The van der Waals surface area contributed by atoms with Crippen LogP contribution >= 0.6 is 0 Å². The van der Waals surface area contributed by atoms with E-state index in [1.54, 1.807) is 16.3 Å². The molecule has 0 saturated heterocycles. The van der Waals surface area contributed by atoms with Crippen LogP contribution in [0.15, 0.2) is 83.9 Å². The van der Waals surface area contributed by atoms with E-state index in [4.69, 9.17) is 0 Å². The Bertz CT molecular complexity index is 1430. The minimum Gasteiger partial charge on any atom is -0.0649 e. The fraction of sp³-hybridized carbons (Fsp3) is 0.167. The summed E-state index contributed by atoms with van der Waals surface area (Å²) in [6, 6.07) is 28.2. The monoisotopic (exact) mass is 413 g/mol. The zero-order chi connectivity index (χ0) is 20.8. The van der Waals surface area contributed by atoms with Gasteiger partial charge in [-0.2, -0.15) is 0 Å². The Labute approximate surface area is 186 Å². The summed E-state index contributed by atoms with van der Waals surface area (Å²) in [7, 11) is 0.911. The highest BCUT2D eigenvalue weighted by Crippen LogP contribution is 2.34. The summed E-state index contributed by atoms with van der Waals surface area (Å²) in [4.78, 5) is 0. The van der Waals surface area contributed by atoms with E-state index >= 15 is 0 Å². The zero-order valence-electron chi connectivity index (χ0n) is 17.9. The number of benzene rings is 4. The van der Waals surface area contributed by atoms with Crippen LogP contribution in [0.25, 0.3) is 33.7 Å². The summed E-state index contributed by atoms with van der Waals surface area (Å²) in [6.07, 6.45) is 8.24. The SMILES string of the molecule is CC[Si]=C(CC1=Cc2cc3ccccc3cc2C1)C1=Cc2cc3ccccc3cc2C1. The molecule has 0 saturated carbocycles. The molecule has 4 aromatic carbocycles. The Hall–Kier alpha value is -3.03. The summed E-state index contributed by atoms with van der Waals surface area (Å²) in [5.41, 5.74) is 8.95. The maximum atomic E-state index is 2.47. The number of rotatable bonds is 4. The van der Waals surface area contributed by atoms with E-state index in [1.807, 2.05) is 0 Å². The molecule has 0 spiro atoms. The highest BCUT2D eigenvalue weighted by Gasteiger charge is 2.20. The first kappa shape index (κ1) is 18.7. The minimum atomic E-state index is 0.911. The van der Waals surface area contributed by atoms with Gasteiger partial charge >= 0.3 is 0 Å². The highest BCUT2D eigenvalue weighted by molar-refractivity contribution is 6.58. The van der Waals surface area contributed by atoms with Crippen molar-refractivity contribution in [2.45, 2.75) is 32.2 Å². The van der Waals surface area contributed by atoms with Crippen molar-refractivity contribution in [1.82, 2.24) is 0 Å². The standard InChI is InChI=1S/C30H25Si/c1-2-31-30(29-18-27-16-23-9-5-6-10-24(23)17-28(27)19-29)13-20-11-25-14-21-7-3-4-8-22(21)15-26(25)12-20/h3-11,14-18H,2,12-13,19H2,1H3. The van der Waals surface area contributed by atoms with Crippen LogP contribution in [0.2, 0.25) is 6.04 Å². The Morgan fingerprint density at radius 3 is 1.87 bits per heavy atom. The van der Waals surface area contributed by atoms with Gasteiger partial charge in [-0.15, -0.1) is 0 Å². The van der Waals surface area contributed by atoms with E-state index < -0.39 is 0 Å². The summed E-state index contributed by atoms with van der Waals surface area (Å²) in [5, 5.41) is 7.07. The molecule has 1 heteroatoms. The molecule has 0 bridgehead atoms. The van der Waals surface area contributed by atoms with E-state index in [1.165, 1.54) is 49.8 Å². The summed E-state index contributed by atoms with van der Waals surface area (Å²) < 4.78 is 0. The Balaban J connectivity index is 1.29. The van der Waals surface area contributed by atoms with Crippen molar-refractivity contribution in [3.05, 3.63) is 106 Å². The maximum absolute atomic E-state index is 2.47. The number of hydrogen-bond acceptors (Lipinski definition) is 0. The van der Waals surface area contributed by atoms with Crippen molar-refractivity contribution < 1.29 is 0 Å². The highest BCUT2D eigenvalue weighted by atomic mass is 28.2. The van der Waals surface area contributed by atoms with Crippen LogP contribution < -0.4 is 0 Å². The first-order chi connectivity index (χ1) is 15.3. The first-order valence-electron chi connectivity index (χ1n) is 11.3. The Morgan fingerprint density at radius 2 is 1.26 bits per heavy atom. The molecule has 1 radical (unpaired) electrons. The van der Waals surface area contributed by atoms with Crippen LogP contribution in [-0.2, 0) is 12.8 Å². The zero-order valence-corrected chi connectivity index (χ0v) is 18.9. The second-order valence-corrected chi connectivity index (χ2v) is 10.5. The van der Waals surface area contributed by atoms with Crippen LogP contribution in [0, 0.1) is 0 Å². The topological polar surface area (TPSA) is 0 Å². The molecular weight excluding hydrogens is 388 g/mol. The van der Waals surface area contributed by atoms with Crippen LogP contribution in [0.3, 0.4) is 0 Å². The van der Waals surface area contributed by atoms with E-state index in [2.05, 4.69) is 91.9 Å². The lowest BCUT2D eigenvalue weighted by Crippen LogP contribution is -2.09. The van der Waals surface area contributed by atoms with Crippen molar-refractivity contribution in [2.75, 3.05) is 0 Å². The van der Waals surface area contributed by atoms with Gasteiger partial charge < -0.3 is 0 Å². The van der Waals surface area contributed by atoms with Crippen LogP contribution in [0.5, 0.6) is 0 Å². The van der Waals surface area contributed by atoms with Crippen LogP contribution in [0.4, 0.5) is 0 Å². The molecule has 2 aliphatic carbocycles. The molecular formula is C30H25Si. The summed E-state index contributed by atoms with van der Waals surface area (Å²) in [6.45, 7) is 2.32. The molecule has 0 aromatic heterocycles. The van der Waals surface area contributed by atoms with Gasteiger partial charge in [0.05, 0.1) is 0 Å². The van der Waals surface area contributed by atoms with Crippen molar-refractivity contribution in [2.24, 2.45) is 0 Å². The summed E-state index contributed by atoms with van der Waals surface area (Å²) >= 11 is 0. The lowest BCUT2D eigenvalue weighted by atomic mass is 9.99. The van der Waals surface area contributed by atoms with E-state index in [9.17, 15) is 0 Å². The molecule has 0 atom stereocenters. The van der Waals surface area contributed by atoms with Crippen LogP contribution in [-0.4, -0.2) is 14.3 Å². The van der Waals surface area contributed by atoms with Crippen molar-refractivity contribution >= 4 is 48.0 Å². The quantitative estimate of drug-likeness (QED) is 0.308. The Morgan fingerprint density at radius 1 is 0.710 bits per heavy atom. The molecule has 4 aromatic rings. The van der Waals surface area contributed by atoms with Gasteiger partial charge in [0.25, 0.3) is 0 Å². The van der Waals surface area contributed by atoms with Gasteiger partial charge in [0, 0.05) is 9.13 Å². The molecule has 6 rings (SSSR count). The largest absolute Gasteiger partial charge is 0.0649 e. The fourth-order valence-electron chi connectivity index (χ4n) is 5.18. The molecule has 0 amide bonds. The predicted octanol–water partition coefficient (Wildman–Crippen LogP) is 7.28. The number of hydrogen-bond donors (Lipinski definition) is 0. The normalized spacial score (nSPS) is 15.2. The lowest BCUT2D eigenvalue weighted by Gasteiger charge is -2.10. The molecule has 0 nitrogen and oxygen atoms in total. The predicted molar refractivity (Wildman–Crippen MR) is 137 cm³/mol. The van der Waals surface area contributed by atoms with E-state index in [0.717, 1.165) is 28.4 Å². The molecule has 0 aliphatic heterocycles. The van der Waals surface area contributed by atoms with E-state index in [-0.39, 0.29) is 0 Å². The molecule has 0 fully saturated rings. The average Bonchev–Trinajstić information content (AvgIpc) is 3.38. The van der Waals surface area contributed by atoms with Crippen LogP contribution in [0.1, 0.15) is 35.6 Å². The Kier molecular flexibility index (Phi) is 4.58. The van der Waals surface area contributed by atoms with Gasteiger partial charge in [0.2, 0.25) is 0 Å². The van der Waals surface area contributed by atoms with Gasteiger partial charge in [-0.3, -0.25) is 0 Å². The molecule has 0 heterocycles. The van der Waals surface area contributed by atoms with Gasteiger partial charge in [-0.25, -0.2) is 0 Å². The molecule has 2 aliphatic rings. The van der Waals surface area contributed by atoms with E-state index in [0.29, 0.717) is 0 Å². The van der Waals surface area contributed by atoms with Gasteiger partial charge in [-0.1, -0.05) is 90.5 Å².